The lowest BCUT2D eigenvalue weighted by Crippen LogP contribution is -2.30. The van der Waals surface area contributed by atoms with Gasteiger partial charge in [-0.2, -0.15) is 0 Å². The number of sulfonamides is 1. The Balaban J connectivity index is 1.32. The summed E-state index contributed by atoms with van der Waals surface area (Å²) >= 11 is 1.36. The molecule has 4 aromatic rings. The molecule has 1 aromatic heterocycles. The Hall–Kier alpha value is -3.99. The number of benzene rings is 3. The van der Waals surface area contributed by atoms with Gasteiger partial charge in [0.25, 0.3) is 21.8 Å². The van der Waals surface area contributed by atoms with Gasteiger partial charge in [0.15, 0.2) is 0 Å². The number of carbonyl (C=O) groups excluding carboxylic acids is 2. The van der Waals surface area contributed by atoms with Crippen LogP contribution in [-0.4, -0.2) is 38.7 Å². The van der Waals surface area contributed by atoms with Crippen LogP contribution in [0.25, 0.3) is 0 Å². The van der Waals surface area contributed by atoms with Crippen LogP contribution in [0.3, 0.4) is 0 Å². The minimum absolute atomic E-state index is 0.0633. The van der Waals surface area contributed by atoms with Gasteiger partial charge in [-0.3, -0.25) is 18.8 Å². The molecule has 0 spiro atoms. The zero-order valence-electron chi connectivity index (χ0n) is 21.3. The highest BCUT2D eigenvalue weighted by Gasteiger charge is 2.28. The molecule has 3 aromatic carbocycles. The first-order valence-corrected chi connectivity index (χ1v) is 14.7. The largest absolute Gasteiger partial charge is 0.365 e. The first kappa shape index (κ1) is 26.6. The molecule has 2 amide bonds. The van der Waals surface area contributed by atoms with Crippen LogP contribution in [0.4, 0.5) is 10.7 Å². The van der Waals surface area contributed by atoms with Crippen LogP contribution >= 0.6 is 11.3 Å². The molecule has 0 unspecified atom stereocenters. The summed E-state index contributed by atoms with van der Waals surface area (Å²) in [7, 11) is -2.32. The highest BCUT2D eigenvalue weighted by atomic mass is 32.2. The summed E-state index contributed by atoms with van der Waals surface area (Å²) in [4.78, 5) is 28.8. The van der Waals surface area contributed by atoms with Crippen molar-refractivity contribution in [1.29, 1.82) is 0 Å². The number of amides is 2. The van der Waals surface area contributed by atoms with Crippen molar-refractivity contribution in [2.75, 3.05) is 23.2 Å². The Morgan fingerprint density at radius 2 is 1.62 bits per heavy atom. The van der Waals surface area contributed by atoms with E-state index in [1.165, 1.54) is 52.5 Å². The third-order valence-electron chi connectivity index (χ3n) is 6.75. The summed E-state index contributed by atoms with van der Waals surface area (Å²) in [6.45, 7) is 2.23. The van der Waals surface area contributed by atoms with E-state index in [0.29, 0.717) is 29.2 Å². The van der Waals surface area contributed by atoms with Crippen molar-refractivity contribution in [1.82, 2.24) is 4.90 Å². The Labute approximate surface area is 231 Å². The number of fused-ring (bicyclic) bond motifs is 1. The molecule has 0 fully saturated rings. The maximum Gasteiger partial charge on any atom is 0.264 e. The van der Waals surface area contributed by atoms with Gasteiger partial charge in [0.1, 0.15) is 5.00 Å². The molecule has 0 saturated carbocycles. The number of anilines is 2. The first-order chi connectivity index (χ1) is 18.7. The average Bonchev–Trinajstić information content (AvgIpc) is 3.31. The molecule has 39 heavy (non-hydrogen) atoms. The number of nitrogens with zero attached hydrogens (tertiary/aromatic N) is 2. The smallest absolute Gasteiger partial charge is 0.264 e. The van der Waals surface area contributed by atoms with E-state index in [2.05, 4.69) is 22.3 Å². The van der Waals surface area contributed by atoms with E-state index in [0.717, 1.165) is 23.5 Å². The molecule has 10 heteroatoms. The fourth-order valence-electron chi connectivity index (χ4n) is 4.67. The van der Waals surface area contributed by atoms with Gasteiger partial charge in [-0.1, -0.05) is 48.5 Å². The molecule has 8 nitrogen and oxygen atoms in total. The summed E-state index contributed by atoms with van der Waals surface area (Å²) in [6.07, 6.45) is 0.661. The van der Waals surface area contributed by atoms with Crippen molar-refractivity contribution in [3.63, 3.8) is 0 Å². The molecule has 0 bridgehead atoms. The van der Waals surface area contributed by atoms with Crippen LogP contribution in [0, 0.1) is 0 Å². The number of para-hydroxylation sites is 1. The van der Waals surface area contributed by atoms with Crippen LogP contribution < -0.4 is 15.4 Å². The van der Waals surface area contributed by atoms with Crippen molar-refractivity contribution in [2.45, 2.75) is 24.4 Å². The standard InChI is InChI=1S/C29H28N4O4S2/c1-32(22-10-6-3-7-11-22)39(36,37)23-14-12-21(13-15-23)28(35)31-29-26(27(30)34)24-16-17-33(19-25(24)38-29)18-20-8-4-2-5-9-20/h2-15H,16-19H2,1H3,(H2,30,34)(H,31,35). The van der Waals surface area contributed by atoms with Gasteiger partial charge >= 0.3 is 0 Å². The molecular formula is C29H28N4O4S2. The molecule has 0 atom stereocenters. The predicted molar refractivity (Wildman–Crippen MR) is 154 cm³/mol. The first-order valence-electron chi connectivity index (χ1n) is 12.4. The van der Waals surface area contributed by atoms with Gasteiger partial charge < -0.3 is 11.1 Å². The second kappa shape index (κ2) is 11.0. The number of thiophene rings is 1. The lowest BCUT2D eigenvalue weighted by Gasteiger charge is -2.27. The van der Waals surface area contributed by atoms with E-state index in [1.54, 1.807) is 24.3 Å². The molecule has 1 aliphatic rings. The highest BCUT2D eigenvalue weighted by Crippen LogP contribution is 2.37. The Morgan fingerprint density at radius 3 is 2.26 bits per heavy atom. The average molecular weight is 561 g/mol. The molecule has 1 aliphatic heterocycles. The third kappa shape index (κ3) is 5.58. The van der Waals surface area contributed by atoms with E-state index < -0.39 is 21.8 Å². The van der Waals surface area contributed by atoms with Crippen LogP contribution in [0.5, 0.6) is 0 Å². The topological polar surface area (TPSA) is 113 Å². The van der Waals surface area contributed by atoms with Gasteiger partial charge in [-0.15, -0.1) is 11.3 Å². The number of hydrogen-bond donors (Lipinski definition) is 2. The number of nitrogens with one attached hydrogen (secondary N) is 1. The normalized spacial score (nSPS) is 13.5. The molecule has 3 N–H and O–H groups in total. The van der Waals surface area contributed by atoms with E-state index >= 15 is 0 Å². The Kier molecular flexibility index (Phi) is 7.51. The van der Waals surface area contributed by atoms with Crippen molar-refractivity contribution >= 4 is 43.9 Å². The quantitative estimate of drug-likeness (QED) is 0.330. The maximum absolute atomic E-state index is 13.1. The van der Waals surface area contributed by atoms with Crippen molar-refractivity contribution in [3.05, 3.63) is 112 Å². The van der Waals surface area contributed by atoms with E-state index in [9.17, 15) is 18.0 Å². The molecular weight excluding hydrogens is 532 g/mol. The minimum atomic E-state index is -3.80. The van der Waals surface area contributed by atoms with E-state index in [-0.39, 0.29) is 10.5 Å². The molecule has 2 heterocycles. The zero-order chi connectivity index (χ0) is 27.6. The van der Waals surface area contributed by atoms with E-state index in [1.807, 2.05) is 24.3 Å². The Bertz CT molecular complexity index is 1600. The molecule has 0 radical (unpaired) electrons. The SMILES string of the molecule is CN(c1ccccc1)S(=O)(=O)c1ccc(C(=O)Nc2sc3c(c2C(N)=O)CCN(Cc2ccccc2)C3)cc1. The van der Waals surface area contributed by atoms with Gasteiger partial charge in [0.05, 0.1) is 16.1 Å². The zero-order valence-corrected chi connectivity index (χ0v) is 23.0. The fraction of sp³-hybridized carbons (Fsp3) is 0.172. The van der Waals surface area contributed by atoms with Gasteiger partial charge in [-0.25, -0.2) is 8.42 Å². The van der Waals surface area contributed by atoms with Crippen LogP contribution in [-0.2, 0) is 29.5 Å². The van der Waals surface area contributed by atoms with Crippen LogP contribution in [0.15, 0.2) is 89.8 Å². The number of primary amides is 1. The second-order valence-electron chi connectivity index (χ2n) is 9.31. The molecule has 0 saturated heterocycles. The van der Waals surface area contributed by atoms with Gasteiger partial charge in [0.2, 0.25) is 0 Å². The number of nitrogens with two attached hydrogens (primary N) is 1. The summed E-state index contributed by atoms with van der Waals surface area (Å²) < 4.78 is 27.3. The lowest BCUT2D eigenvalue weighted by atomic mass is 10.0. The molecule has 200 valence electrons. The van der Waals surface area contributed by atoms with Crippen molar-refractivity contribution < 1.29 is 18.0 Å². The summed E-state index contributed by atoms with van der Waals surface area (Å²) in [5.41, 5.74) is 8.98. The van der Waals surface area contributed by atoms with Crippen LogP contribution in [0.2, 0.25) is 0 Å². The summed E-state index contributed by atoms with van der Waals surface area (Å²) in [5.74, 6) is -1.03. The fourth-order valence-corrected chi connectivity index (χ4v) is 7.16. The third-order valence-corrected chi connectivity index (χ3v) is 9.69. The van der Waals surface area contributed by atoms with E-state index in [4.69, 9.17) is 5.73 Å². The number of carbonyl (C=O) groups is 2. The molecule has 5 rings (SSSR count). The Morgan fingerprint density at radius 1 is 0.974 bits per heavy atom. The monoisotopic (exact) mass is 560 g/mol. The summed E-state index contributed by atoms with van der Waals surface area (Å²) in [5, 5.41) is 3.25. The number of rotatable bonds is 8. The van der Waals surface area contributed by atoms with Crippen LogP contribution in [0.1, 0.15) is 36.7 Å². The minimum Gasteiger partial charge on any atom is -0.365 e. The maximum atomic E-state index is 13.1. The number of hydrogen-bond acceptors (Lipinski definition) is 6. The van der Waals surface area contributed by atoms with Gasteiger partial charge in [0, 0.05) is 37.1 Å². The van der Waals surface area contributed by atoms with Crippen molar-refractivity contribution in [2.24, 2.45) is 5.73 Å². The summed E-state index contributed by atoms with van der Waals surface area (Å²) in [6, 6.07) is 24.6. The lowest BCUT2D eigenvalue weighted by molar-refractivity contribution is 0.0999. The van der Waals surface area contributed by atoms with Gasteiger partial charge in [-0.05, 0) is 53.9 Å². The second-order valence-corrected chi connectivity index (χ2v) is 12.4. The molecule has 0 aliphatic carbocycles. The predicted octanol–water partition coefficient (Wildman–Crippen LogP) is 4.48. The highest BCUT2D eigenvalue weighted by molar-refractivity contribution is 7.92. The van der Waals surface area contributed by atoms with Crippen molar-refractivity contribution in [3.8, 4) is 0 Å².